The molecule has 8 heteroatoms. The predicted molar refractivity (Wildman–Crippen MR) is 84.7 cm³/mol. The van der Waals surface area contributed by atoms with Crippen molar-refractivity contribution in [2.45, 2.75) is 26.1 Å². The number of hydrogen-bond donors (Lipinski definition) is 1. The number of anilines is 1. The van der Waals surface area contributed by atoms with Gasteiger partial charge in [-0.1, -0.05) is 0 Å². The number of non-ortho nitro benzene ring substituents is 1. The summed E-state index contributed by atoms with van der Waals surface area (Å²) in [7, 11) is 1.40. The fourth-order valence-electron chi connectivity index (χ4n) is 2.70. The lowest BCUT2D eigenvalue weighted by molar-refractivity contribution is -0.384. The first-order valence-electron chi connectivity index (χ1n) is 7.39. The second-order valence-corrected chi connectivity index (χ2v) is 5.64. The van der Waals surface area contributed by atoms with Crippen molar-refractivity contribution in [3.8, 4) is 5.75 Å². The zero-order valence-electron chi connectivity index (χ0n) is 13.4. The fourth-order valence-corrected chi connectivity index (χ4v) is 2.70. The average Bonchev–Trinajstić information content (AvgIpc) is 2.46. The van der Waals surface area contributed by atoms with Crippen LogP contribution >= 0.6 is 0 Å². The molecule has 0 aromatic heterocycles. The van der Waals surface area contributed by atoms with Crippen LogP contribution in [0.2, 0.25) is 0 Å². The fraction of sp³-hybridized carbons (Fsp3) is 0.533. The minimum Gasteiger partial charge on any atom is -0.494 e. The van der Waals surface area contributed by atoms with E-state index in [0.717, 1.165) is 0 Å². The Morgan fingerprint density at radius 1 is 1.43 bits per heavy atom. The molecule has 23 heavy (non-hydrogen) atoms. The monoisotopic (exact) mass is 323 g/mol. The van der Waals surface area contributed by atoms with E-state index >= 15 is 0 Å². The maximum absolute atomic E-state index is 12.2. The highest BCUT2D eigenvalue weighted by atomic mass is 16.6. The van der Waals surface area contributed by atoms with Crippen LogP contribution in [0.1, 0.15) is 13.8 Å². The van der Waals surface area contributed by atoms with Crippen molar-refractivity contribution < 1.29 is 19.2 Å². The molecule has 1 aliphatic heterocycles. The molecule has 0 unspecified atom stereocenters. The summed E-state index contributed by atoms with van der Waals surface area (Å²) in [6.45, 7) is 5.56. The molecule has 2 atom stereocenters. The van der Waals surface area contributed by atoms with Crippen molar-refractivity contribution >= 4 is 17.3 Å². The van der Waals surface area contributed by atoms with Gasteiger partial charge in [0.2, 0.25) is 5.91 Å². The minimum atomic E-state index is -0.509. The highest BCUT2D eigenvalue weighted by Crippen LogP contribution is 2.29. The van der Waals surface area contributed by atoms with Gasteiger partial charge in [0.25, 0.3) is 5.69 Å². The lowest BCUT2D eigenvalue weighted by atomic mass is 10.2. The molecule has 2 rings (SSSR count). The van der Waals surface area contributed by atoms with Gasteiger partial charge in [0.15, 0.2) is 0 Å². The molecule has 8 nitrogen and oxygen atoms in total. The van der Waals surface area contributed by atoms with Crippen LogP contribution in [0.15, 0.2) is 18.2 Å². The summed E-state index contributed by atoms with van der Waals surface area (Å²) >= 11 is 0. The van der Waals surface area contributed by atoms with Gasteiger partial charge in [-0.2, -0.15) is 0 Å². The van der Waals surface area contributed by atoms with Gasteiger partial charge in [-0.25, -0.2) is 0 Å². The second-order valence-electron chi connectivity index (χ2n) is 5.64. The number of methoxy groups -OCH3 is 1. The number of nitro groups is 1. The van der Waals surface area contributed by atoms with Crippen molar-refractivity contribution in [3.63, 3.8) is 0 Å². The molecule has 1 fully saturated rings. The molecule has 1 aromatic rings. The molecule has 0 spiro atoms. The van der Waals surface area contributed by atoms with Gasteiger partial charge >= 0.3 is 0 Å². The van der Waals surface area contributed by atoms with Crippen molar-refractivity contribution in [3.05, 3.63) is 28.3 Å². The molecule has 0 saturated carbocycles. The van der Waals surface area contributed by atoms with Crippen molar-refractivity contribution in [1.29, 1.82) is 0 Å². The van der Waals surface area contributed by atoms with Crippen LogP contribution in [0, 0.1) is 10.1 Å². The first-order chi connectivity index (χ1) is 10.9. The minimum absolute atomic E-state index is 0.0838. The van der Waals surface area contributed by atoms with Crippen molar-refractivity contribution in [2.75, 3.05) is 32.1 Å². The molecule has 1 N–H and O–H groups in total. The molecule has 0 bridgehead atoms. The number of morpholine rings is 1. The Kier molecular flexibility index (Phi) is 5.51. The first kappa shape index (κ1) is 17.2. The normalized spacial score (nSPS) is 21.7. The Morgan fingerprint density at radius 2 is 2.09 bits per heavy atom. The molecule has 1 heterocycles. The summed E-state index contributed by atoms with van der Waals surface area (Å²) in [5.41, 5.74) is 0.327. The van der Waals surface area contributed by atoms with E-state index in [1.165, 1.54) is 25.3 Å². The van der Waals surface area contributed by atoms with E-state index in [1.807, 2.05) is 18.7 Å². The van der Waals surface area contributed by atoms with Gasteiger partial charge in [0.05, 0.1) is 42.5 Å². The van der Waals surface area contributed by atoms with E-state index < -0.39 is 4.92 Å². The number of carbonyl (C=O) groups excluding carboxylic acids is 1. The van der Waals surface area contributed by atoms with Crippen LogP contribution in [0.4, 0.5) is 11.4 Å². The van der Waals surface area contributed by atoms with Crippen LogP contribution in [0.3, 0.4) is 0 Å². The number of hydrogen-bond acceptors (Lipinski definition) is 6. The molecule has 1 amide bonds. The molecule has 1 saturated heterocycles. The van der Waals surface area contributed by atoms with Crippen molar-refractivity contribution in [2.24, 2.45) is 0 Å². The summed E-state index contributed by atoms with van der Waals surface area (Å²) < 4.78 is 10.7. The summed E-state index contributed by atoms with van der Waals surface area (Å²) in [5, 5.41) is 13.5. The summed E-state index contributed by atoms with van der Waals surface area (Å²) in [5.74, 6) is 0.0646. The zero-order chi connectivity index (χ0) is 17.0. The van der Waals surface area contributed by atoms with Crippen LogP contribution in [0.5, 0.6) is 5.75 Å². The standard InChI is InChI=1S/C15H21N3O5/c1-10-7-17(8-11(2)23-10)9-15(19)16-13-5-4-12(18(20)21)6-14(13)22-3/h4-6,10-11H,7-9H2,1-3H3,(H,16,19)/t10-,11+. The molecule has 0 radical (unpaired) electrons. The summed E-state index contributed by atoms with van der Waals surface area (Å²) in [6, 6.07) is 4.09. The second kappa shape index (κ2) is 7.38. The van der Waals surface area contributed by atoms with Gasteiger partial charge in [-0.3, -0.25) is 19.8 Å². The number of nitro benzene ring substituents is 1. The largest absolute Gasteiger partial charge is 0.494 e. The molecule has 0 aliphatic carbocycles. The zero-order valence-corrected chi connectivity index (χ0v) is 13.4. The predicted octanol–water partition coefficient (Wildman–Crippen LogP) is 1.65. The number of ether oxygens (including phenoxy) is 2. The number of nitrogens with zero attached hydrogens (tertiary/aromatic N) is 2. The maximum atomic E-state index is 12.2. The smallest absolute Gasteiger partial charge is 0.273 e. The Morgan fingerprint density at radius 3 is 2.65 bits per heavy atom. The highest BCUT2D eigenvalue weighted by Gasteiger charge is 2.24. The van der Waals surface area contributed by atoms with Crippen LogP contribution in [-0.2, 0) is 9.53 Å². The number of amides is 1. The van der Waals surface area contributed by atoms with E-state index in [2.05, 4.69) is 5.32 Å². The third kappa shape index (κ3) is 4.64. The van der Waals surface area contributed by atoms with Crippen LogP contribution in [0.25, 0.3) is 0 Å². The van der Waals surface area contributed by atoms with E-state index in [-0.39, 0.29) is 36.1 Å². The Bertz CT molecular complexity index is 582. The molecule has 1 aromatic carbocycles. The molecule has 1 aliphatic rings. The van der Waals surface area contributed by atoms with E-state index in [0.29, 0.717) is 18.8 Å². The van der Waals surface area contributed by atoms with E-state index in [1.54, 1.807) is 0 Å². The SMILES string of the molecule is COc1cc([N+](=O)[O-])ccc1NC(=O)CN1C[C@@H](C)O[C@@H](C)C1. The Labute approximate surface area is 134 Å². The number of rotatable bonds is 5. The summed E-state index contributed by atoms with van der Waals surface area (Å²) in [4.78, 5) is 24.5. The number of nitrogens with one attached hydrogen (secondary N) is 1. The molecule has 126 valence electrons. The van der Waals surface area contributed by atoms with Gasteiger partial charge in [-0.15, -0.1) is 0 Å². The van der Waals surface area contributed by atoms with E-state index in [4.69, 9.17) is 9.47 Å². The highest BCUT2D eigenvalue weighted by molar-refractivity contribution is 5.93. The first-order valence-corrected chi connectivity index (χ1v) is 7.39. The lowest BCUT2D eigenvalue weighted by Gasteiger charge is -2.34. The van der Waals surface area contributed by atoms with Gasteiger partial charge in [0, 0.05) is 19.2 Å². The Hall–Kier alpha value is -2.19. The van der Waals surface area contributed by atoms with Crippen LogP contribution < -0.4 is 10.1 Å². The van der Waals surface area contributed by atoms with Gasteiger partial charge in [0.1, 0.15) is 5.75 Å². The van der Waals surface area contributed by atoms with E-state index in [9.17, 15) is 14.9 Å². The third-order valence-electron chi connectivity index (χ3n) is 3.53. The lowest BCUT2D eigenvalue weighted by Crippen LogP contribution is -2.48. The van der Waals surface area contributed by atoms with Crippen LogP contribution in [-0.4, -0.2) is 54.7 Å². The van der Waals surface area contributed by atoms with Gasteiger partial charge in [-0.05, 0) is 19.9 Å². The maximum Gasteiger partial charge on any atom is 0.273 e. The topological polar surface area (TPSA) is 93.9 Å². The Balaban J connectivity index is 2.01. The molecular formula is C15H21N3O5. The average molecular weight is 323 g/mol. The number of benzene rings is 1. The number of carbonyl (C=O) groups is 1. The van der Waals surface area contributed by atoms with Crippen molar-refractivity contribution in [1.82, 2.24) is 4.90 Å². The molecular weight excluding hydrogens is 302 g/mol. The van der Waals surface area contributed by atoms with Gasteiger partial charge < -0.3 is 14.8 Å². The summed E-state index contributed by atoms with van der Waals surface area (Å²) in [6.07, 6.45) is 0.168. The quantitative estimate of drug-likeness (QED) is 0.654. The third-order valence-corrected chi connectivity index (χ3v) is 3.53.